The summed E-state index contributed by atoms with van der Waals surface area (Å²) >= 11 is 0. The zero-order valence-electron chi connectivity index (χ0n) is 13.2. The number of nitrogens with zero attached hydrogens (tertiary/aromatic N) is 1. The van der Waals surface area contributed by atoms with E-state index in [0.717, 1.165) is 6.42 Å². The van der Waals surface area contributed by atoms with E-state index in [4.69, 9.17) is 4.74 Å². The van der Waals surface area contributed by atoms with Gasteiger partial charge in [0.1, 0.15) is 0 Å². The molecule has 20 heavy (non-hydrogen) atoms. The summed E-state index contributed by atoms with van der Waals surface area (Å²) in [6, 6.07) is -0.148. The van der Waals surface area contributed by atoms with E-state index in [9.17, 15) is 9.90 Å². The molecule has 118 valence electrons. The van der Waals surface area contributed by atoms with Crippen LogP contribution < -0.4 is 5.32 Å². The van der Waals surface area contributed by atoms with Gasteiger partial charge in [-0.2, -0.15) is 0 Å². The predicted molar refractivity (Wildman–Crippen MR) is 79.8 cm³/mol. The van der Waals surface area contributed by atoms with E-state index >= 15 is 0 Å². The minimum atomic E-state index is -0.865. The van der Waals surface area contributed by atoms with Gasteiger partial charge in [0.05, 0.1) is 18.2 Å². The van der Waals surface area contributed by atoms with Crippen molar-refractivity contribution in [1.29, 1.82) is 0 Å². The fraction of sp³-hybridized carbons (Fsp3) is 0.933. The quantitative estimate of drug-likeness (QED) is 0.705. The van der Waals surface area contributed by atoms with Crippen LogP contribution >= 0.6 is 0 Å². The highest BCUT2D eigenvalue weighted by Gasteiger charge is 2.19. The van der Waals surface area contributed by atoms with Crippen molar-refractivity contribution in [2.24, 2.45) is 0 Å². The molecule has 0 aromatic carbocycles. The number of hydrogen-bond donors (Lipinski definition) is 2. The van der Waals surface area contributed by atoms with E-state index in [1.807, 2.05) is 0 Å². The molecular formula is C15H30N2O3. The smallest absolute Gasteiger partial charge is 0.317 e. The molecule has 0 spiro atoms. The number of carbonyl (C=O) groups excluding carboxylic acids is 1. The number of likely N-dealkylation sites (N-methyl/N-ethyl adjacent to an activating group) is 1. The van der Waals surface area contributed by atoms with Crippen LogP contribution in [0.25, 0.3) is 0 Å². The van der Waals surface area contributed by atoms with E-state index < -0.39 is 5.60 Å². The van der Waals surface area contributed by atoms with Gasteiger partial charge in [0.25, 0.3) is 0 Å². The molecule has 1 rings (SSSR count). The Morgan fingerprint density at radius 2 is 2.00 bits per heavy atom. The Bertz CT molecular complexity index is 283. The first-order valence-electron chi connectivity index (χ1n) is 7.71. The summed E-state index contributed by atoms with van der Waals surface area (Å²) < 4.78 is 5.80. The molecular weight excluding hydrogens is 256 g/mol. The maximum atomic E-state index is 11.7. The Labute approximate surface area is 122 Å². The largest absolute Gasteiger partial charge is 0.389 e. The van der Waals surface area contributed by atoms with Crippen molar-refractivity contribution in [3.05, 3.63) is 0 Å². The molecule has 0 radical (unpaired) electrons. The number of nitrogens with one attached hydrogen (secondary N) is 1. The lowest BCUT2D eigenvalue weighted by Crippen LogP contribution is -2.45. The summed E-state index contributed by atoms with van der Waals surface area (Å²) in [7, 11) is 1.69. The van der Waals surface area contributed by atoms with Gasteiger partial charge in [-0.25, -0.2) is 4.79 Å². The summed E-state index contributed by atoms with van der Waals surface area (Å²) in [6.07, 6.45) is 7.52. The fourth-order valence-corrected chi connectivity index (χ4v) is 2.54. The van der Waals surface area contributed by atoms with Crippen LogP contribution in [-0.2, 0) is 4.74 Å². The molecule has 0 aromatic heterocycles. The van der Waals surface area contributed by atoms with Crippen LogP contribution in [0, 0.1) is 0 Å². The SMILES string of the molecule is CN(CC(C)(C)O)C(=O)NCCCOC1CCCCC1. The molecule has 0 bridgehead atoms. The Kier molecular flexibility index (Phi) is 7.30. The molecule has 0 aliphatic heterocycles. The molecule has 5 heteroatoms. The number of hydrogen-bond acceptors (Lipinski definition) is 3. The Balaban J connectivity index is 2.03. The van der Waals surface area contributed by atoms with Crippen molar-refractivity contribution in [2.75, 3.05) is 26.7 Å². The number of aliphatic hydroxyl groups is 1. The van der Waals surface area contributed by atoms with E-state index in [1.165, 1.54) is 37.0 Å². The number of carbonyl (C=O) groups is 1. The van der Waals surface area contributed by atoms with E-state index in [-0.39, 0.29) is 6.03 Å². The average Bonchev–Trinajstić information content (AvgIpc) is 2.37. The third kappa shape index (κ3) is 7.70. The zero-order valence-corrected chi connectivity index (χ0v) is 13.2. The molecule has 1 aliphatic carbocycles. The molecule has 2 amide bonds. The molecule has 1 saturated carbocycles. The highest BCUT2D eigenvalue weighted by atomic mass is 16.5. The van der Waals surface area contributed by atoms with Crippen LogP contribution in [0.2, 0.25) is 0 Å². The molecule has 0 aromatic rings. The normalized spacial score (nSPS) is 17.0. The molecule has 5 nitrogen and oxygen atoms in total. The van der Waals surface area contributed by atoms with Crippen molar-refractivity contribution in [1.82, 2.24) is 10.2 Å². The maximum absolute atomic E-state index is 11.7. The lowest BCUT2D eigenvalue weighted by atomic mass is 9.98. The molecule has 1 aliphatic rings. The molecule has 0 heterocycles. The monoisotopic (exact) mass is 286 g/mol. The molecule has 0 unspecified atom stereocenters. The number of ether oxygens (including phenoxy) is 1. The van der Waals surface area contributed by atoms with E-state index in [1.54, 1.807) is 20.9 Å². The lowest BCUT2D eigenvalue weighted by Gasteiger charge is -2.26. The first-order chi connectivity index (χ1) is 9.38. The van der Waals surface area contributed by atoms with Gasteiger partial charge in [0, 0.05) is 20.2 Å². The average molecular weight is 286 g/mol. The second-order valence-electron chi connectivity index (χ2n) is 6.38. The van der Waals surface area contributed by atoms with Crippen LogP contribution in [0.4, 0.5) is 4.79 Å². The van der Waals surface area contributed by atoms with E-state index in [2.05, 4.69) is 5.32 Å². The maximum Gasteiger partial charge on any atom is 0.317 e. The third-order valence-corrected chi connectivity index (χ3v) is 3.47. The number of rotatable bonds is 7. The van der Waals surface area contributed by atoms with Gasteiger partial charge in [-0.1, -0.05) is 19.3 Å². The van der Waals surface area contributed by atoms with Gasteiger partial charge in [-0.3, -0.25) is 0 Å². The Morgan fingerprint density at radius 1 is 1.35 bits per heavy atom. The van der Waals surface area contributed by atoms with Gasteiger partial charge < -0.3 is 20.1 Å². The van der Waals surface area contributed by atoms with Crippen LogP contribution in [0.3, 0.4) is 0 Å². The standard InChI is InChI=1S/C15H30N2O3/c1-15(2,19)12-17(3)14(18)16-10-7-11-20-13-8-5-4-6-9-13/h13,19H,4-12H2,1-3H3,(H,16,18). The van der Waals surface area contributed by atoms with Crippen molar-refractivity contribution in [2.45, 2.75) is 64.1 Å². The summed E-state index contributed by atoms with van der Waals surface area (Å²) in [5, 5.41) is 12.5. The Hall–Kier alpha value is -0.810. The van der Waals surface area contributed by atoms with Gasteiger partial charge in [0.15, 0.2) is 0 Å². The van der Waals surface area contributed by atoms with Gasteiger partial charge in [-0.05, 0) is 33.1 Å². The zero-order chi connectivity index (χ0) is 15.0. The topological polar surface area (TPSA) is 61.8 Å². The molecule has 0 atom stereocenters. The van der Waals surface area contributed by atoms with Crippen LogP contribution in [0.15, 0.2) is 0 Å². The minimum absolute atomic E-state index is 0.148. The fourth-order valence-electron chi connectivity index (χ4n) is 2.54. The highest BCUT2D eigenvalue weighted by molar-refractivity contribution is 5.73. The van der Waals surface area contributed by atoms with Crippen LogP contribution in [0.5, 0.6) is 0 Å². The number of urea groups is 1. The third-order valence-electron chi connectivity index (χ3n) is 3.47. The summed E-state index contributed by atoms with van der Waals surface area (Å²) in [6.45, 7) is 5.02. The second-order valence-corrected chi connectivity index (χ2v) is 6.38. The van der Waals surface area contributed by atoms with Gasteiger partial charge >= 0.3 is 6.03 Å². The highest BCUT2D eigenvalue weighted by Crippen LogP contribution is 2.20. The molecule has 2 N–H and O–H groups in total. The van der Waals surface area contributed by atoms with E-state index in [0.29, 0.717) is 25.8 Å². The second kappa shape index (κ2) is 8.47. The van der Waals surface area contributed by atoms with Crippen LogP contribution in [0.1, 0.15) is 52.4 Å². The van der Waals surface area contributed by atoms with Crippen LogP contribution in [-0.4, -0.2) is 54.5 Å². The molecule has 0 saturated heterocycles. The van der Waals surface area contributed by atoms with Gasteiger partial charge in [0.2, 0.25) is 0 Å². The van der Waals surface area contributed by atoms with Gasteiger partial charge in [-0.15, -0.1) is 0 Å². The Morgan fingerprint density at radius 3 is 2.60 bits per heavy atom. The van der Waals surface area contributed by atoms with Crippen molar-refractivity contribution in [3.63, 3.8) is 0 Å². The first kappa shape index (κ1) is 17.2. The van der Waals surface area contributed by atoms with Crippen molar-refractivity contribution < 1.29 is 14.6 Å². The number of amides is 2. The predicted octanol–water partition coefficient (Wildman–Crippen LogP) is 2.14. The minimum Gasteiger partial charge on any atom is -0.389 e. The summed E-state index contributed by atoms with van der Waals surface area (Å²) in [5.41, 5.74) is -0.865. The van der Waals surface area contributed by atoms with Crippen molar-refractivity contribution in [3.8, 4) is 0 Å². The lowest BCUT2D eigenvalue weighted by molar-refractivity contribution is 0.0271. The first-order valence-corrected chi connectivity index (χ1v) is 7.71. The molecule has 1 fully saturated rings. The summed E-state index contributed by atoms with van der Waals surface area (Å²) in [4.78, 5) is 13.3. The summed E-state index contributed by atoms with van der Waals surface area (Å²) in [5.74, 6) is 0. The van der Waals surface area contributed by atoms with Crippen molar-refractivity contribution >= 4 is 6.03 Å².